The minimum Gasteiger partial charge on any atom is -0.489 e. The number of rotatable bonds is 5. The molecule has 10 heteroatoms. The average molecular weight is 491 g/mol. The van der Waals surface area contributed by atoms with Gasteiger partial charge in [-0.3, -0.25) is 0 Å². The summed E-state index contributed by atoms with van der Waals surface area (Å²) < 4.78 is 24.5. The van der Waals surface area contributed by atoms with Crippen LogP contribution < -0.4 is 25.6 Å². The zero-order chi connectivity index (χ0) is 24.0. The molecule has 2 aromatic carbocycles. The molecule has 0 bridgehead atoms. The highest BCUT2D eigenvalue weighted by molar-refractivity contribution is 7.70. The van der Waals surface area contributed by atoms with Crippen LogP contribution in [0.25, 0.3) is 11.0 Å². The van der Waals surface area contributed by atoms with Crippen LogP contribution in [0.3, 0.4) is 0 Å². The molecule has 3 N–H and O–H groups in total. The Bertz CT molecular complexity index is 1450. The van der Waals surface area contributed by atoms with Crippen molar-refractivity contribution in [1.82, 2.24) is 15.0 Å². The third-order valence-corrected chi connectivity index (χ3v) is 7.89. The number of nitrogens with zero attached hydrogens (tertiary/aromatic N) is 3. The maximum absolute atomic E-state index is 12.8. The van der Waals surface area contributed by atoms with Crippen LogP contribution in [-0.2, 0) is 9.30 Å². The van der Waals surface area contributed by atoms with E-state index < -0.39 is 7.14 Å². The Balaban J connectivity index is 1.32. The second-order valence-electron chi connectivity index (χ2n) is 9.17. The predicted molar refractivity (Wildman–Crippen MR) is 140 cm³/mol. The van der Waals surface area contributed by atoms with Crippen molar-refractivity contribution in [3.63, 3.8) is 0 Å². The first kappa shape index (κ1) is 21.9. The Morgan fingerprint density at radius 2 is 1.97 bits per heavy atom. The van der Waals surface area contributed by atoms with Gasteiger partial charge in [-0.05, 0) is 43.7 Å². The molecule has 4 aromatic rings. The molecule has 1 atom stereocenters. The fraction of sp³-hybridized carbons (Fsp3) is 0.280. The Kier molecular flexibility index (Phi) is 5.39. The molecule has 1 fully saturated rings. The number of aromatic amines is 1. The van der Waals surface area contributed by atoms with E-state index in [1.165, 1.54) is 0 Å². The van der Waals surface area contributed by atoms with E-state index in [0.29, 0.717) is 30.6 Å². The molecule has 0 radical (unpaired) electrons. The Labute approximate surface area is 203 Å². The topological polar surface area (TPSA) is 104 Å². The second kappa shape index (κ2) is 8.59. The Morgan fingerprint density at radius 1 is 1.09 bits per heavy atom. The van der Waals surface area contributed by atoms with Crippen molar-refractivity contribution in [3.05, 3.63) is 54.7 Å². The van der Waals surface area contributed by atoms with Gasteiger partial charge in [0.15, 0.2) is 0 Å². The van der Waals surface area contributed by atoms with Gasteiger partial charge in [-0.1, -0.05) is 12.1 Å². The quantitative estimate of drug-likeness (QED) is 0.356. The molecule has 180 valence electrons. The molecule has 2 aliphatic heterocycles. The van der Waals surface area contributed by atoms with Crippen LogP contribution in [0.1, 0.15) is 0 Å². The number of aromatic nitrogens is 3. The molecule has 9 nitrogen and oxygen atoms in total. The average Bonchev–Trinajstić information content (AvgIpc) is 3.32. The Morgan fingerprint density at radius 3 is 2.86 bits per heavy atom. The standard InChI is InChI=1S/C25H27N6O3P/c1-35(2,32)22-6-4-3-5-19(22)28-24-18-9-10-26-23(18)29-25(30-24)27-16-7-8-20-21(13-16)34-15-17-14-33-12-11-31(17)20/h3-10,13,17H,11-12,14-15H2,1-2H3,(H3,26,27,28,29,30)/t17-/m1/s1. The van der Waals surface area contributed by atoms with Gasteiger partial charge < -0.3 is 34.6 Å². The highest BCUT2D eigenvalue weighted by Crippen LogP contribution is 2.39. The van der Waals surface area contributed by atoms with Gasteiger partial charge in [0.1, 0.15) is 31.0 Å². The zero-order valence-electron chi connectivity index (χ0n) is 19.6. The summed E-state index contributed by atoms with van der Waals surface area (Å²) in [7, 11) is -2.48. The smallest absolute Gasteiger partial charge is 0.231 e. The van der Waals surface area contributed by atoms with Crippen LogP contribution in [0.2, 0.25) is 0 Å². The minimum atomic E-state index is -2.48. The first-order chi connectivity index (χ1) is 17.0. The fourth-order valence-corrected chi connectivity index (χ4v) is 5.79. The molecule has 35 heavy (non-hydrogen) atoms. The number of anilines is 5. The second-order valence-corrected chi connectivity index (χ2v) is 12.4. The van der Waals surface area contributed by atoms with Crippen molar-refractivity contribution in [2.75, 3.05) is 55.2 Å². The van der Waals surface area contributed by atoms with Crippen LogP contribution >= 0.6 is 7.14 Å². The maximum atomic E-state index is 12.8. The number of hydrogen-bond acceptors (Lipinski definition) is 8. The Hall–Kier alpha value is -3.55. The third-order valence-electron chi connectivity index (χ3n) is 6.34. The molecule has 2 aliphatic rings. The van der Waals surface area contributed by atoms with Gasteiger partial charge in [0.05, 0.1) is 36.0 Å². The minimum absolute atomic E-state index is 0.256. The van der Waals surface area contributed by atoms with Crippen molar-refractivity contribution in [2.24, 2.45) is 0 Å². The summed E-state index contributed by atoms with van der Waals surface area (Å²) in [6.07, 6.45) is 1.83. The molecule has 0 unspecified atom stereocenters. The van der Waals surface area contributed by atoms with Crippen molar-refractivity contribution in [1.29, 1.82) is 0 Å². The first-order valence-electron chi connectivity index (χ1n) is 11.6. The largest absolute Gasteiger partial charge is 0.489 e. The maximum Gasteiger partial charge on any atom is 0.231 e. The molecule has 0 aliphatic carbocycles. The number of ether oxygens (including phenoxy) is 2. The van der Waals surface area contributed by atoms with E-state index in [1.807, 2.05) is 48.7 Å². The molecule has 6 rings (SSSR count). The number of morpholine rings is 1. The number of H-pyrrole nitrogens is 1. The summed E-state index contributed by atoms with van der Waals surface area (Å²) >= 11 is 0. The molecule has 4 heterocycles. The van der Waals surface area contributed by atoms with Gasteiger partial charge in [-0.15, -0.1) is 0 Å². The lowest BCUT2D eigenvalue weighted by molar-refractivity contribution is 0.0705. The van der Waals surface area contributed by atoms with Crippen molar-refractivity contribution in [2.45, 2.75) is 6.04 Å². The van der Waals surface area contributed by atoms with Crippen molar-refractivity contribution < 1.29 is 14.0 Å². The van der Waals surface area contributed by atoms with Gasteiger partial charge in [-0.2, -0.15) is 9.97 Å². The lowest BCUT2D eigenvalue weighted by Gasteiger charge is -2.41. The van der Waals surface area contributed by atoms with Gasteiger partial charge in [-0.25, -0.2) is 0 Å². The fourth-order valence-electron chi connectivity index (χ4n) is 4.64. The highest BCUT2D eigenvalue weighted by atomic mass is 31.2. The normalized spacial score (nSPS) is 17.4. The summed E-state index contributed by atoms with van der Waals surface area (Å²) in [6.45, 7) is 6.42. The van der Waals surface area contributed by atoms with E-state index in [4.69, 9.17) is 14.5 Å². The van der Waals surface area contributed by atoms with Gasteiger partial charge in [0.2, 0.25) is 5.95 Å². The van der Waals surface area contributed by atoms with Crippen LogP contribution in [0.4, 0.5) is 28.8 Å². The molecular weight excluding hydrogens is 463 g/mol. The van der Waals surface area contributed by atoms with Gasteiger partial charge in [0, 0.05) is 29.8 Å². The monoisotopic (exact) mass is 490 g/mol. The molecule has 0 amide bonds. The van der Waals surface area contributed by atoms with Crippen LogP contribution in [0.15, 0.2) is 54.7 Å². The summed E-state index contributed by atoms with van der Waals surface area (Å²) in [6, 6.07) is 15.9. The summed E-state index contributed by atoms with van der Waals surface area (Å²) in [5.74, 6) is 1.91. The van der Waals surface area contributed by atoms with E-state index in [2.05, 4.69) is 31.6 Å². The first-order valence-corrected chi connectivity index (χ1v) is 14.2. The summed E-state index contributed by atoms with van der Waals surface area (Å²) in [4.78, 5) is 14.9. The van der Waals surface area contributed by atoms with Crippen LogP contribution in [-0.4, -0.2) is 60.7 Å². The van der Waals surface area contributed by atoms with Crippen molar-refractivity contribution >= 4 is 52.3 Å². The SMILES string of the molecule is CP(C)(=O)c1ccccc1Nc1nc(Nc2ccc3c(c2)OC[C@H]2COCCN32)nc2[nH]ccc12. The van der Waals surface area contributed by atoms with E-state index in [0.717, 1.165) is 46.7 Å². The lowest BCUT2D eigenvalue weighted by atomic mass is 10.1. The van der Waals surface area contributed by atoms with E-state index >= 15 is 0 Å². The number of benzene rings is 2. The molecular formula is C25H27N6O3P. The number of para-hydroxylation sites is 1. The van der Waals surface area contributed by atoms with Crippen LogP contribution in [0.5, 0.6) is 5.75 Å². The number of fused-ring (bicyclic) bond motifs is 4. The van der Waals surface area contributed by atoms with Gasteiger partial charge in [0.25, 0.3) is 0 Å². The summed E-state index contributed by atoms with van der Waals surface area (Å²) in [5, 5.41) is 8.34. The van der Waals surface area contributed by atoms with Crippen molar-refractivity contribution in [3.8, 4) is 5.75 Å². The third kappa shape index (κ3) is 4.22. The molecule has 2 aromatic heterocycles. The van der Waals surface area contributed by atoms with Gasteiger partial charge >= 0.3 is 0 Å². The van der Waals surface area contributed by atoms with E-state index in [9.17, 15) is 4.57 Å². The zero-order valence-corrected chi connectivity index (χ0v) is 20.5. The number of nitrogens with one attached hydrogen (secondary N) is 3. The molecule has 0 saturated carbocycles. The highest BCUT2D eigenvalue weighted by Gasteiger charge is 2.30. The lowest BCUT2D eigenvalue weighted by Crippen LogP contribution is -2.51. The molecule has 1 saturated heterocycles. The predicted octanol–water partition coefficient (Wildman–Crippen LogP) is 4.29. The van der Waals surface area contributed by atoms with E-state index in [1.54, 1.807) is 13.3 Å². The number of hydrogen-bond donors (Lipinski definition) is 3. The van der Waals surface area contributed by atoms with E-state index in [-0.39, 0.29) is 6.04 Å². The van der Waals surface area contributed by atoms with Crippen LogP contribution in [0, 0.1) is 0 Å². The summed E-state index contributed by atoms with van der Waals surface area (Å²) in [5.41, 5.74) is 3.39. The molecule has 0 spiro atoms.